The predicted molar refractivity (Wildman–Crippen MR) is 94.4 cm³/mol. The van der Waals surface area contributed by atoms with Crippen molar-refractivity contribution in [2.75, 3.05) is 5.75 Å². The van der Waals surface area contributed by atoms with E-state index in [4.69, 9.17) is 5.73 Å². The van der Waals surface area contributed by atoms with E-state index in [0.717, 1.165) is 11.3 Å². The van der Waals surface area contributed by atoms with Gasteiger partial charge in [0.2, 0.25) is 0 Å². The van der Waals surface area contributed by atoms with Crippen molar-refractivity contribution >= 4 is 34.9 Å². The third-order valence-electron chi connectivity index (χ3n) is 3.32. The first-order chi connectivity index (χ1) is 10.2. The van der Waals surface area contributed by atoms with Gasteiger partial charge in [0.1, 0.15) is 0 Å². The Kier molecular flexibility index (Phi) is 6.00. The molecule has 1 atom stereocenters. The number of carbonyl (C=O) groups excluding carboxylic acids is 1. The first-order valence-corrected chi connectivity index (χ1v) is 9.08. The summed E-state index contributed by atoms with van der Waals surface area (Å²) >= 11 is 3.29. The van der Waals surface area contributed by atoms with Crippen molar-refractivity contribution < 1.29 is 4.79 Å². The molecule has 1 aromatic rings. The molecule has 0 aliphatic carbocycles. The van der Waals surface area contributed by atoms with E-state index in [9.17, 15) is 4.79 Å². The largest absolute Gasteiger partial charge is 0.393 e. The number of ketones is 1. The minimum atomic E-state index is -0.103. The zero-order valence-electron chi connectivity index (χ0n) is 12.3. The molecular formula is C17H21NOS2. The summed E-state index contributed by atoms with van der Waals surface area (Å²) in [6, 6.07) is 8.15. The fraction of sp³-hybridized carbons (Fsp3) is 0.353. The van der Waals surface area contributed by atoms with Crippen molar-refractivity contribution in [2.45, 2.75) is 36.3 Å². The van der Waals surface area contributed by atoms with Gasteiger partial charge in [-0.2, -0.15) is 0 Å². The molecule has 4 heteroatoms. The van der Waals surface area contributed by atoms with Crippen molar-refractivity contribution in [2.24, 2.45) is 5.73 Å². The lowest BCUT2D eigenvalue weighted by molar-refractivity contribution is -0.113. The minimum Gasteiger partial charge on any atom is -0.393 e. The Balaban J connectivity index is 2.18. The van der Waals surface area contributed by atoms with E-state index in [1.165, 1.54) is 29.5 Å². The predicted octanol–water partition coefficient (Wildman–Crippen LogP) is 4.47. The lowest BCUT2D eigenvalue weighted by atomic mass is 10.00. The second-order valence-corrected chi connectivity index (χ2v) is 7.38. The highest BCUT2D eigenvalue weighted by molar-refractivity contribution is 8.05. The maximum absolute atomic E-state index is 12.5. The van der Waals surface area contributed by atoms with Gasteiger partial charge >= 0.3 is 0 Å². The molecule has 2 rings (SSSR count). The van der Waals surface area contributed by atoms with Crippen LogP contribution in [0.25, 0.3) is 5.57 Å². The maximum Gasteiger partial charge on any atom is 0.179 e. The molecular weight excluding hydrogens is 298 g/mol. The first-order valence-electron chi connectivity index (χ1n) is 7.22. The van der Waals surface area contributed by atoms with Crippen LogP contribution in [0.15, 0.2) is 46.8 Å². The van der Waals surface area contributed by atoms with Crippen LogP contribution < -0.4 is 5.73 Å². The maximum atomic E-state index is 12.5. The summed E-state index contributed by atoms with van der Waals surface area (Å²) in [5, 5.41) is 0.538. The number of allylic oxidation sites excluding steroid dienone is 2. The molecule has 0 bridgehead atoms. The summed E-state index contributed by atoms with van der Waals surface area (Å²) in [6.45, 7) is 5.90. The molecule has 2 N–H and O–H groups in total. The van der Waals surface area contributed by atoms with Crippen LogP contribution in [0.2, 0.25) is 0 Å². The van der Waals surface area contributed by atoms with Gasteiger partial charge in [-0.15, -0.1) is 18.3 Å². The van der Waals surface area contributed by atoms with Crippen LogP contribution in [-0.4, -0.2) is 16.8 Å². The van der Waals surface area contributed by atoms with E-state index < -0.39 is 0 Å². The highest BCUT2D eigenvalue weighted by Gasteiger charge is 2.32. The Morgan fingerprint density at radius 3 is 3.00 bits per heavy atom. The first kappa shape index (κ1) is 16.2. The molecule has 0 spiro atoms. The van der Waals surface area contributed by atoms with Gasteiger partial charge in [0.05, 0.1) is 15.9 Å². The van der Waals surface area contributed by atoms with Gasteiger partial charge in [0.25, 0.3) is 0 Å². The molecule has 0 fully saturated rings. The fourth-order valence-electron chi connectivity index (χ4n) is 2.21. The number of unbranched alkanes of at least 4 members (excludes halogenated alkanes) is 1. The third kappa shape index (κ3) is 3.95. The van der Waals surface area contributed by atoms with Gasteiger partial charge in [-0.3, -0.25) is 4.79 Å². The molecule has 0 amide bonds. The number of thioether (sulfide) groups is 2. The molecule has 112 valence electrons. The second-order valence-electron chi connectivity index (χ2n) is 4.96. The van der Waals surface area contributed by atoms with Crippen molar-refractivity contribution in [1.82, 2.24) is 0 Å². The Morgan fingerprint density at radius 2 is 2.29 bits per heavy atom. The topological polar surface area (TPSA) is 43.1 Å². The molecule has 1 aliphatic heterocycles. The molecule has 0 aromatic heterocycles. The monoisotopic (exact) mass is 319 g/mol. The Hall–Kier alpha value is -1.13. The summed E-state index contributed by atoms with van der Waals surface area (Å²) in [6.07, 6.45) is 4.85. The van der Waals surface area contributed by atoms with Gasteiger partial charge in [0, 0.05) is 4.90 Å². The number of nitrogens with two attached hydrogens (primary N) is 1. The number of rotatable bonds is 7. The van der Waals surface area contributed by atoms with Crippen LogP contribution in [-0.2, 0) is 4.79 Å². The summed E-state index contributed by atoms with van der Waals surface area (Å²) in [7, 11) is 0. The summed E-state index contributed by atoms with van der Waals surface area (Å²) in [5.74, 6) is 1.24. The Labute approximate surface area is 135 Å². The molecule has 21 heavy (non-hydrogen) atoms. The van der Waals surface area contributed by atoms with E-state index in [0.29, 0.717) is 17.0 Å². The van der Waals surface area contributed by atoms with E-state index in [1.54, 1.807) is 6.08 Å². The van der Waals surface area contributed by atoms with Crippen molar-refractivity contribution in [3.63, 3.8) is 0 Å². The zero-order chi connectivity index (χ0) is 15.2. The molecule has 1 heterocycles. The standard InChI is InChI=1S/C17H21NOS2/c1-3-5-10-20-13-9-6-8-12(11-13)15-16(19)14(7-4-2)21-17(15)18/h4,6,8-9,11,14H,2-3,5,7,10,18H2,1H3. The van der Waals surface area contributed by atoms with Gasteiger partial charge in [0.15, 0.2) is 5.78 Å². The van der Waals surface area contributed by atoms with Gasteiger partial charge in [-0.25, -0.2) is 0 Å². The molecule has 1 aromatic carbocycles. The normalized spacial score (nSPS) is 18.3. The SMILES string of the molecule is C=CCC1SC(N)=C(c2cccc(SCCCC)c2)C1=O. The van der Waals surface area contributed by atoms with Crippen LogP contribution >= 0.6 is 23.5 Å². The van der Waals surface area contributed by atoms with Gasteiger partial charge in [-0.05, 0) is 36.3 Å². The second kappa shape index (κ2) is 7.76. The van der Waals surface area contributed by atoms with E-state index in [-0.39, 0.29) is 11.0 Å². The number of carbonyl (C=O) groups is 1. The number of hydrogen-bond donors (Lipinski definition) is 1. The number of Topliss-reactive ketones (excluding diaryl/α,β-unsaturated/α-hetero) is 1. The highest BCUT2D eigenvalue weighted by Crippen LogP contribution is 2.39. The van der Waals surface area contributed by atoms with Crippen LogP contribution in [0, 0.1) is 0 Å². The fourth-order valence-corrected chi connectivity index (χ4v) is 4.37. The molecule has 0 saturated carbocycles. The van der Waals surface area contributed by atoms with Crippen molar-refractivity contribution in [1.29, 1.82) is 0 Å². The van der Waals surface area contributed by atoms with Crippen LogP contribution in [0.1, 0.15) is 31.7 Å². The zero-order valence-corrected chi connectivity index (χ0v) is 13.9. The Morgan fingerprint density at radius 1 is 1.48 bits per heavy atom. The van der Waals surface area contributed by atoms with Crippen molar-refractivity contribution in [3.8, 4) is 0 Å². The summed E-state index contributed by atoms with van der Waals surface area (Å²) in [4.78, 5) is 13.7. The van der Waals surface area contributed by atoms with Crippen LogP contribution in [0.4, 0.5) is 0 Å². The van der Waals surface area contributed by atoms with Gasteiger partial charge < -0.3 is 5.73 Å². The average molecular weight is 319 g/mol. The van der Waals surface area contributed by atoms with Gasteiger partial charge in [-0.1, -0.05) is 43.3 Å². The summed E-state index contributed by atoms with van der Waals surface area (Å²) < 4.78 is 0. The number of benzene rings is 1. The molecule has 1 aliphatic rings. The summed E-state index contributed by atoms with van der Waals surface area (Å²) in [5.41, 5.74) is 7.70. The number of hydrogen-bond acceptors (Lipinski definition) is 4. The quantitative estimate of drug-likeness (QED) is 0.457. The smallest absolute Gasteiger partial charge is 0.179 e. The third-order valence-corrected chi connectivity index (χ3v) is 5.55. The van der Waals surface area contributed by atoms with Crippen LogP contribution in [0.5, 0.6) is 0 Å². The minimum absolute atomic E-state index is 0.103. The lowest BCUT2D eigenvalue weighted by Crippen LogP contribution is -2.12. The average Bonchev–Trinajstić information content (AvgIpc) is 2.75. The molecule has 2 nitrogen and oxygen atoms in total. The van der Waals surface area contributed by atoms with E-state index in [1.807, 2.05) is 23.9 Å². The van der Waals surface area contributed by atoms with E-state index >= 15 is 0 Å². The van der Waals surface area contributed by atoms with Crippen molar-refractivity contribution in [3.05, 3.63) is 47.5 Å². The Bertz CT molecular complexity index is 566. The lowest BCUT2D eigenvalue weighted by Gasteiger charge is -2.07. The molecule has 0 saturated heterocycles. The highest BCUT2D eigenvalue weighted by atomic mass is 32.2. The molecule has 1 unspecified atom stereocenters. The van der Waals surface area contributed by atoms with E-state index in [2.05, 4.69) is 25.6 Å². The van der Waals surface area contributed by atoms with Crippen LogP contribution in [0.3, 0.4) is 0 Å². The molecule has 0 radical (unpaired) electrons.